The van der Waals surface area contributed by atoms with Crippen molar-refractivity contribution in [3.8, 4) is 0 Å². The number of hydrogen-bond donors (Lipinski definition) is 0. The molecule has 0 bridgehead atoms. The lowest BCUT2D eigenvalue weighted by Gasteiger charge is -2.25. The fourth-order valence-electron chi connectivity index (χ4n) is 6.69. The quantitative estimate of drug-likeness (QED) is 0.203. The fraction of sp³-hybridized carbons (Fsp3) is 0. The van der Waals surface area contributed by atoms with Gasteiger partial charge < -0.3 is 9.32 Å². The highest BCUT2D eigenvalue weighted by atomic mass is 32.1. The van der Waals surface area contributed by atoms with Gasteiger partial charge in [0, 0.05) is 79.6 Å². The van der Waals surface area contributed by atoms with Crippen LogP contribution in [0, 0.1) is 0 Å². The molecule has 0 amide bonds. The van der Waals surface area contributed by atoms with Gasteiger partial charge in [-0.25, -0.2) is 0 Å². The third-order valence-electron chi connectivity index (χ3n) is 8.69. The molecule has 44 heavy (non-hydrogen) atoms. The van der Waals surface area contributed by atoms with Crippen LogP contribution in [0.25, 0.3) is 73.2 Å². The van der Waals surface area contributed by atoms with Gasteiger partial charge in [0.15, 0.2) is 5.58 Å². The fourth-order valence-corrected chi connectivity index (χ4v) is 8.97. The summed E-state index contributed by atoms with van der Waals surface area (Å²) in [5, 5.41) is 8.52. The van der Waals surface area contributed by atoms with Crippen LogP contribution in [0.3, 0.4) is 0 Å². The summed E-state index contributed by atoms with van der Waals surface area (Å²) in [6.45, 7) is 0. The maximum absolute atomic E-state index is 6.46. The zero-order valence-corrected chi connectivity index (χ0v) is 25.0. The second-order valence-electron chi connectivity index (χ2n) is 11.2. The van der Waals surface area contributed by atoms with Gasteiger partial charge >= 0.3 is 0 Å². The van der Waals surface area contributed by atoms with Gasteiger partial charge in [0.05, 0.1) is 11.7 Å². The average molecular weight is 599 g/mol. The predicted molar refractivity (Wildman–Crippen MR) is 189 cm³/mol. The number of pyridine rings is 1. The Balaban J connectivity index is 1.21. The molecule has 0 unspecified atom stereocenters. The van der Waals surface area contributed by atoms with Crippen LogP contribution in [0.5, 0.6) is 0 Å². The van der Waals surface area contributed by atoms with E-state index in [0.29, 0.717) is 0 Å². The highest BCUT2D eigenvalue weighted by molar-refractivity contribution is 7.26. The van der Waals surface area contributed by atoms with Crippen molar-refractivity contribution in [3.05, 3.63) is 134 Å². The maximum atomic E-state index is 6.46. The average Bonchev–Trinajstić information content (AvgIpc) is 3.75. The van der Waals surface area contributed by atoms with E-state index >= 15 is 0 Å². The molecule has 6 aromatic carbocycles. The highest BCUT2D eigenvalue weighted by Crippen LogP contribution is 2.44. The summed E-state index contributed by atoms with van der Waals surface area (Å²) in [7, 11) is 0. The minimum absolute atomic E-state index is 0.806. The van der Waals surface area contributed by atoms with Crippen molar-refractivity contribution in [1.29, 1.82) is 0 Å². The number of hydrogen-bond acceptors (Lipinski definition) is 5. The number of fused-ring (bicyclic) bond motifs is 11. The second-order valence-corrected chi connectivity index (χ2v) is 13.4. The molecule has 4 aromatic heterocycles. The molecule has 0 aliphatic carbocycles. The van der Waals surface area contributed by atoms with Crippen LogP contribution in [0.15, 0.2) is 138 Å². The van der Waals surface area contributed by atoms with E-state index in [0.717, 1.165) is 49.9 Å². The summed E-state index contributed by atoms with van der Waals surface area (Å²) in [5.41, 5.74) is 5.92. The zero-order chi connectivity index (χ0) is 28.8. The number of thiophene rings is 2. The van der Waals surface area contributed by atoms with Crippen LogP contribution in [0.4, 0.5) is 17.1 Å². The molecular formula is C39H22N2OS2. The normalized spacial score (nSPS) is 12.1. The molecule has 0 saturated carbocycles. The Labute approximate surface area is 259 Å². The first kappa shape index (κ1) is 24.2. The molecule has 3 nitrogen and oxygen atoms in total. The molecule has 0 aliphatic heterocycles. The number of anilines is 3. The van der Waals surface area contributed by atoms with Crippen molar-refractivity contribution in [1.82, 2.24) is 4.98 Å². The van der Waals surface area contributed by atoms with Gasteiger partial charge in [0.25, 0.3) is 0 Å². The summed E-state index contributed by atoms with van der Waals surface area (Å²) in [6.07, 6.45) is 1.85. The number of para-hydroxylation sites is 1. The minimum Gasteiger partial charge on any atom is -0.454 e. The van der Waals surface area contributed by atoms with E-state index in [4.69, 9.17) is 4.42 Å². The Morgan fingerprint density at radius 2 is 0.977 bits per heavy atom. The van der Waals surface area contributed by atoms with Crippen LogP contribution in [0.1, 0.15) is 0 Å². The second kappa shape index (κ2) is 9.13. The Morgan fingerprint density at radius 1 is 0.455 bits per heavy atom. The Bertz CT molecular complexity index is 2640. The first-order valence-electron chi connectivity index (χ1n) is 14.6. The van der Waals surface area contributed by atoms with E-state index < -0.39 is 0 Å². The number of rotatable bonds is 3. The summed E-state index contributed by atoms with van der Waals surface area (Å²) < 4.78 is 11.6. The number of benzene rings is 6. The largest absolute Gasteiger partial charge is 0.454 e. The van der Waals surface area contributed by atoms with E-state index in [1.54, 1.807) is 0 Å². The Hall–Kier alpha value is -5.23. The molecular weight excluding hydrogens is 577 g/mol. The molecule has 0 spiro atoms. The molecule has 206 valence electrons. The SMILES string of the molecule is c1ccc2c(c1)ncc1oc3cc(N(c4ccc5c(c4)sc4ccccc45)c4ccc5c(c4)sc4ccccc45)ccc3c12. The van der Waals surface area contributed by atoms with E-state index in [1.807, 2.05) is 34.9 Å². The summed E-state index contributed by atoms with van der Waals surface area (Å²) in [5.74, 6) is 0. The van der Waals surface area contributed by atoms with Crippen molar-refractivity contribution in [2.45, 2.75) is 0 Å². The third-order valence-corrected chi connectivity index (χ3v) is 11.0. The Morgan fingerprint density at radius 3 is 1.64 bits per heavy atom. The van der Waals surface area contributed by atoms with Crippen molar-refractivity contribution < 1.29 is 4.42 Å². The minimum atomic E-state index is 0.806. The topological polar surface area (TPSA) is 29.3 Å². The van der Waals surface area contributed by atoms with E-state index in [1.165, 1.54) is 40.3 Å². The number of aromatic nitrogens is 1. The predicted octanol–water partition coefficient (Wildman–Crippen LogP) is 12.3. The molecule has 0 aliphatic rings. The lowest BCUT2D eigenvalue weighted by atomic mass is 10.1. The summed E-state index contributed by atoms with van der Waals surface area (Å²) in [6, 6.07) is 45.9. The monoisotopic (exact) mass is 598 g/mol. The van der Waals surface area contributed by atoms with E-state index in [-0.39, 0.29) is 0 Å². The maximum Gasteiger partial charge on any atom is 0.154 e. The smallest absolute Gasteiger partial charge is 0.154 e. The van der Waals surface area contributed by atoms with E-state index in [2.05, 4.69) is 131 Å². The van der Waals surface area contributed by atoms with Gasteiger partial charge in [-0.3, -0.25) is 4.98 Å². The molecule has 0 radical (unpaired) electrons. The number of nitrogens with zero attached hydrogens (tertiary/aromatic N) is 2. The van der Waals surface area contributed by atoms with Crippen LogP contribution in [-0.2, 0) is 0 Å². The van der Waals surface area contributed by atoms with Gasteiger partial charge in [0.2, 0.25) is 0 Å². The molecule has 10 aromatic rings. The number of furan rings is 1. The van der Waals surface area contributed by atoms with Crippen molar-refractivity contribution in [3.63, 3.8) is 0 Å². The molecule has 0 atom stereocenters. The molecule has 10 rings (SSSR count). The van der Waals surface area contributed by atoms with Crippen LogP contribution in [-0.4, -0.2) is 4.98 Å². The first-order valence-corrected chi connectivity index (χ1v) is 16.2. The molecule has 5 heteroatoms. The summed E-state index contributed by atoms with van der Waals surface area (Å²) in [4.78, 5) is 7.01. The van der Waals surface area contributed by atoms with Crippen molar-refractivity contribution in [2.75, 3.05) is 4.90 Å². The van der Waals surface area contributed by atoms with Crippen LogP contribution in [0.2, 0.25) is 0 Å². The van der Waals surface area contributed by atoms with Gasteiger partial charge in [0.1, 0.15) is 5.58 Å². The third kappa shape index (κ3) is 3.51. The standard InChI is InChI=1S/C39H22N2OS2/c1-4-10-32-30(9-1)39-31-18-15-23(19-33(31)42-34(39)22-40-32)41(24-13-16-28-26-7-2-5-11-35(26)43-37(28)20-24)25-14-17-29-27-8-3-6-12-36(27)44-38(29)21-25/h1-22H. The highest BCUT2D eigenvalue weighted by Gasteiger charge is 2.19. The van der Waals surface area contributed by atoms with Gasteiger partial charge in [-0.15, -0.1) is 22.7 Å². The summed E-state index contributed by atoms with van der Waals surface area (Å²) >= 11 is 3.69. The molecule has 0 saturated heterocycles. The lowest BCUT2D eigenvalue weighted by molar-refractivity contribution is 0.667. The lowest BCUT2D eigenvalue weighted by Crippen LogP contribution is -2.09. The van der Waals surface area contributed by atoms with Gasteiger partial charge in [-0.1, -0.05) is 66.7 Å². The first-order chi connectivity index (χ1) is 21.8. The van der Waals surface area contributed by atoms with Crippen molar-refractivity contribution in [2.24, 2.45) is 0 Å². The zero-order valence-electron chi connectivity index (χ0n) is 23.3. The Kier molecular flexibility index (Phi) is 5.03. The molecule has 4 heterocycles. The van der Waals surface area contributed by atoms with Crippen LogP contribution >= 0.6 is 22.7 Å². The van der Waals surface area contributed by atoms with Gasteiger partial charge in [-0.05, 0) is 54.6 Å². The van der Waals surface area contributed by atoms with Gasteiger partial charge in [-0.2, -0.15) is 0 Å². The van der Waals surface area contributed by atoms with Crippen molar-refractivity contribution >= 4 is 113 Å². The van der Waals surface area contributed by atoms with E-state index in [9.17, 15) is 0 Å². The molecule has 0 fully saturated rings. The van der Waals surface area contributed by atoms with Crippen LogP contribution < -0.4 is 4.90 Å². The molecule has 0 N–H and O–H groups in total.